The van der Waals surface area contributed by atoms with Crippen molar-refractivity contribution in [2.45, 2.75) is 46.1 Å². The molecular weight excluding hydrogens is 278 g/mol. The fourth-order valence-corrected chi connectivity index (χ4v) is 2.23. The van der Waals surface area contributed by atoms with E-state index in [0.717, 1.165) is 23.4 Å². The summed E-state index contributed by atoms with van der Waals surface area (Å²) >= 11 is 0. The maximum absolute atomic E-state index is 12.3. The monoisotopic (exact) mass is 301 g/mol. The molecule has 22 heavy (non-hydrogen) atoms. The predicted octanol–water partition coefficient (Wildman–Crippen LogP) is 3.41. The molecule has 3 N–H and O–H groups in total. The highest BCUT2D eigenvalue weighted by atomic mass is 16.4. The number of amides is 1. The number of anilines is 1. The molecule has 1 aromatic heterocycles. The van der Waals surface area contributed by atoms with Gasteiger partial charge in [-0.25, -0.2) is 4.98 Å². The van der Waals surface area contributed by atoms with Gasteiger partial charge in [0, 0.05) is 11.3 Å². The highest BCUT2D eigenvalue weighted by Gasteiger charge is 2.27. The molecular formula is C17H23N3O2. The fraction of sp³-hybridized carbons (Fsp3) is 0.412. The number of hydrogen-bond donors (Lipinski definition) is 2. The van der Waals surface area contributed by atoms with Gasteiger partial charge >= 0.3 is 0 Å². The summed E-state index contributed by atoms with van der Waals surface area (Å²) in [6, 6.07) is 7.41. The van der Waals surface area contributed by atoms with Crippen molar-refractivity contribution in [3.05, 3.63) is 35.7 Å². The maximum atomic E-state index is 12.3. The molecule has 0 saturated carbocycles. The topological polar surface area (TPSA) is 81.2 Å². The Morgan fingerprint density at radius 3 is 2.73 bits per heavy atom. The molecule has 2 aromatic rings. The van der Waals surface area contributed by atoms with Gasteiger partial charge in [0.05, 0.1) is 11.2 Å². The Morgan fingerprint density at radius 1 is 1.41 bits per heavy atom. The lowest BCUT2D eigenvalue weighted by Crippen LogP contribution is -2.48. The smallest absolute Gasteiger partial charge is 0.244 e. The summed E-state index contributed by atoms with van der Waals surface area (Å²) in [7, 11) is 0. The van der Waals surface area contributed by atoms with E-state index in [1.54, 1.807) is 6.92 Å². The molecule has 0 bridgehead atoms. The van der Waals surface area contributed by atoms with E-state index in [-0.39, 0.29) is 5.91 Å². The fourth-order valence-electron chi connectivity index (χ4n) is 2.23. The first-order chi connectivity index (χ1) is 10.3. The summed E-state index contributed by atoms with van der Waals surface area (Å²) in [5, 5.41) is 2.87. The molecule has 0 aliphatic heterocycles. The molecule has 1 aromatic carbocycles. The third-order valence-corrected chi connectivity index (χ3v) is 3.68. The van der Waals surface area contributed by atoms with E-state index in [9.17, 15) is 4.79 Å². The van der Waals surface area contributed by atoms with Gasteiger partial charge in [-0.15, -0.1) is 0 Å². The van der Waals surface area contributed by atoms with Crippen molar-refractivity contribution >= 4 is 11.6 Å². The number of nitrogens with two attached hydrogens (primary N) is 1. The molecule has 0 spiro atoms. The van der Waals surface area contributed by atoms with Crippen LogP contribution in [0.1, 0.15) is 38.1 Å². The molecule has 2 rings (SSSR count). The second kappa shape index (κ2) is 6.32. The molecule has 0 saturated heterocycles. The van der Waals surface area contributed by atoms with Crippen LogP contribution in [0.5, 0.6) is 0 Å². The number of aromatic nitrogens is 1. The molecule has 0 aliphatic rings. The van der Waals surface area contributed by atoms with Crippen molar-refractivity contribution in [3.63, 3.8) is 0 Å². The van der Waals surface area contributed by atoms with Gasteiger partial charge in [0.2, 0.25) is 11.8 Å². The van der Waals surface area contributed by atoms with Gasteiger partial charge in [-0.2, -0.15) is 0 Å². The Balaban J connectivity index is 2.20. The Hall–Kier alpha value is -2.14. The molecule has 0 fully saturated rings. The minimum Gasteiger partial charge on any atom is -0.441 e. The Bertz CT molecular complexity index is 655. The van der Waals surface area contributed by atoms with Crippen LogP contribution in [0.15, 0.2) is 28.7 Å². The van der Waals surface area contributed by atoms with Crippen molar-refractivity contribution < 1.29 is 9.21 Å². The van der Waals surface area contributed by atoms with E-state index < -0.39 is 5.54 Å². The number of carbonyl (C=O) groups is 1. The maximum Gasteiger partial charge on any atom is 0.244 e. The molecule has 118 valence electrons. The molecule has 1 unspecified atom stereocenters. The van der Waals surface area contributed by atoms with Crippen LogP contribution in [0.2, 0.25) is 0 Å². The lowest BCUT2D eigenvalue weighted by atomic mass is 9.96. The predicted molar refractivity (Wildman–Crippen MR) is 87.5 cm³/mol. The first kappa shape index (κ1) is 16.2. The number of carbonyl (C=O) groups excluding carboxylic acids is 1. The second-order valence-electron chi connectivity index (χ2n) is 5.86. The highest BCUT2D eigenvalue weighted by molar-refractivity contribution is 5.97. The van der Waals surface area contributed by atoms with Gasteiger partial charge in [0.1, 0.15) is 5.76 Å². The number of aryl methyl sites for hydroxylation is 2. The Kier molecular flexibility index (Phi) is 4.66. The van der Waals surface area contributed by atoms with Gasteiger partial charge in [-0.1, -0.05) is 19.4 Å². The second-order valence-corrected chi connectivity index (χ2v) is 5.86. The van der Waals surface area contributed by atoms with Crippen LogP contribution < -0.4 is 11.1 Å². The standard InChI is InChI=1S/C17H23N3O2/c1-5-9-17(4,18)16(21)20-14-8-6-7-13(10-14)15-19-11(2)12(3)22-15/h6-8,10H,5,9,18H2,1-4H3,(H,20,21). The average molecular weight is 301 g/mol. The number of hydrogen-bond acceptors (Lipinski definition) is 4. The van der Waals surface area contributed by atoms with Crippen LogP contribution >= 0.6 is 0 Å². The summed E-state index contributed by atoms with van der Waals surface area (Å²) in [6.45, 7) is 7.53. The molecule has 1 atom stereocenters. The zero-order valence-electron chi connectivity index (χ0n) is 13.6. The minimum atomic E-state index is -0.874. The third-order valence-electron chi connectivity index (χ3n) is 3.68. The lowest BCUT2D eigenvalue weighted by Gasteiger charge is -2.22. The molecule has 0 aliphatic carbocycles. The first-order valence-corrected chi connectivity index (χ1v) is 7.48. The normalized spacial score (nSPS) is 13.7. The third kappa shape index (κ3) is 3.54. The van der Waals surface area contributed by atoms with Gasteiger partial charge in [0.15, 0.2) is 0 Å². The SMILES string of the molecule is CCCC(C)(N)C(=O)Nc1cccc(-c2nc(C)c(C)o2)c1. The van der Waals surface area contributed by atoms with Crippen LogP contribution in [0.25, 0.3) is 11.5 Å². The molecule has 1 amide bonds. The van der Waals surface area contributed by atoms with E-state index in [4.69, 9.17) is 10.2 Å². The summed E-state index contributed by atoms with van der Waals surface area (Å²) in [4.78, 5) is 16.6. The number of benzene rings is 1. The largest absolute Gasteiger partial charge is 0.441 e. The van der Waals surface area contributed by atoms with E-state index in [1.165, 1.54) is 0 Å². The van der Waals surface area contributed by atoms with Crippen molar-refractivity contribution in [1.82, 2.24) is 4.98 Å². The molecule has 0 radical (unpaired) electrons. The van der Waals surface area contributed by atoms with Crippen molar-refractivity contribution in [2.24, 2.45) is 5.73 Å². The van der Waals surface area contributed by atoms with Crippen molar-refractivity contribution in [3.8, 4) is 11.5 Å². The summed E-state index contributed by atoms with van der Waals surface area (Å²) < 4.78 is 5.62. The van der Waals surface area contributed by atoms with Gasteiger partial charge in [-0.3, -0.25) is 4.79 Å². The van der Waals surface area contributed by atoms with E-state index in [1.807, 2.05) is 45.0 Å². The molecule has 1 heterocycles. The van der Waals surface area contributed by atoms with Crippen LogP contribution in [0, 0.1) is 13.8 Å². The Labute approximate surface area is 130 Å². The molecule has 5 heteroatoms. The van der Waals surface area contributed by atoms with Crippen LogP contribution in [0.4, 0.5) is 5.69 Å². The number of nitrogens with zero attached hydrogens (tertiary/aromatic N) is 1. The zero-order valence-corrected chi connectivity index (χ0v) is 13.6. The van der Waals surface area contributed by atoms with Crippen LogP contribution in [0.3, 0.4) is 0 Å². The van der Waals surface area contributed by atoms with Gasteiger partial charge in [-0.05, 0) is 45.4 Å². The van der Waals surface area contributed by atoms with E-state index in [0.29, 0.717) is 18.0 Å². The zero-order chi connectivity index (χ0) is 16.3. The van der Waals surface area contributed by atoms with Gasteiger partial charge < -0.3 is 15.5 Å². The van der Waals surface area contributed by atoms with Crippen LogP contribution in [-0.4, -0.2) is 16.4 Å². The van der Waals surface area contributed by atoms with Gasteiger partial charge in [0.25, 0.3) is 0 Å². The minimum absolute atomic E-state index is 0.189. The van der Waals surface area contributed by atoms with E-state index >= 15 is 0 Å². The lowest BCUT2D eigenvalue weighted by molar-refractivity contribution is -0.120. The average Bonchev–Trinajstić information content (AvgIpc) is 2.79. The summed E-state index contributed by atoms with van der Waals surface area (Å²) in [5.41, 5.74) is 7.54. The number of oxazole rings is 1. The summed E-state index contributed by atoms with van der Waals surface area (Å²) in [5.74, 6) is 1.16. The molecule has 5 nitrogen and oxygen atoms in total. The summed E-state index contributed by atoms with van der Waals surface area (Å²) in [6.07, 6.45) is 1.49. The quantitative estimate of drug-likeness (QED) is 0.886. The van der Waals surface area contributed by atoms with E-state index in [2.05, 4.69) is 10.3 Å². The number of nitrogens with one attached hydrogen (secondary N) is 1. The number of rotatable bonds is 5. The highest BCUT2D eigenvalue weighted by Crippen LogP contribution is 2.24. The van der Waals surface area contributed by atoms with Crippen molar-refractivity contribution in [2.75, 3.05) is 5.32 Å². The first-order valence-electron chi connectivity index (χ1n) is 7.48. The Morgan fingerprint density at radius 2 is 2.14 bits per heavy atom. The van der Waals surface area contributed by atoms with Crippen LogP contribution in [-0.2, 0) is 4.79 Å². The van der Waals surface area contributed by atoms with Crippen molar-refractivity contribution in [1.29, 1.82) is 0 Å².